The van der Waals surface area contributed by atoms with E-state index in [0.717, 1.165) is 17.2 Å². The Morgan fingerprint density at radius 1 is 0.977 bits per heavy atom. The number of benzene rings is 3. The second-order valence-corrected chi connectivity index (χ2v) is 12.1. The minimum atomic E-state index is -1.20. The molecule has 2 aliphatic heterocycles. The van der Waals surface area contributed by atoms with Crippen LogP contribution in [-0.2, 0) is 26.3 Å². The molecule has 0 aliphatic carbocycles. The summed E-state index contributed by atoms with van der Waals surface area (Å²) in [6.07, 6.45) is -1.74. The highest BCUT2D eigenvalue weighted by Crippen LogP contribution is 2.59. The number of likely N-dealkylation sites (tertiary alicyclic amines) is 1. The van der Waals surface area contributed by atoms with Crippen LogP contribution < -0.4 is 10.2 Å². The third-order valence-corrected chi connectivity index (χ3v) is 8.30. The molecule has 2 aliphatic rings. The quantitative estimate of drug-likeness (QED) is 0.294. The number of ether oxygens (including phenoxy) is 2. The average molecular weight is 595 g/mol. The number of para-hydroxylation sites is 2. The van der Waals surface area contributed by atoms with Crippen LogP contribution in [0.5, 0.6) is 0 Å². The summed E-state index contributed by atoms with van der Waals surface area (Å²) in [6, 6.07) is 23.0. The van der Waals surface area contributed by atoms with Gasteiger partial charge in [-0.15, -0.1) is 0 Å². The third kappa shape index (κ3) is 4.57. The fourth-order valence-electron chi connectivity index (χ4n) is 6.72. The molecule has 2 N–H and O–H groups in total. The molecule has 44 heavy (non-hydrogen) atoms. The van der Waals surface area contributed by atoms with E-state index in [2.05, 4.69) is 10.3 Å². The summed E-state index contributed by atoms with van der Waals surface area (Å²) in [7, 11) is 1.50. The van der Waals surface area contributed by atoms with E-state index in [1.165, 1.54) is 16.8 Å². The van der Waals surface area contributed by atoms with Gasteiger partial charge in [0.25, 0.3) is 0 Å². The summed E-state index contributed by atoms with van der Waals surface area (Å²) >= 11 is 0. The molecule has 3 atom stereocenters. The standard InChI is InChI=1S/C34H34N4O6/c1-33(2,3)44-32(42)38-27(29(40)35-4)18-34(28-22-14-8-10-16-24(22)36-25(28)19-39)23-15-9-11-17-26(23)37(30(34)38)31(41)43-20-21-12-6-5-7-13-21/h5-17,19,27,30,36H,18,20H2,1-4H3,(H,35,40). The van der Waals surface area contributed by atoms with Gasteiger partial charge in [0.05, 0.1) is 16.8 Å². The summed E-state index contributed by atoms with van der Waals surface area (Å²) in [4.78, 5) is 60.6. The Morgan fingerprint density at radius 3 is 2.36 bits per heavy atom. The van der Waals surface area contributed by atoms with Crippen LogP contribution >= 0.6 is 0 Å². The Labute approximate surface area is 254 Å². The van der Waals surface area contributed by atoms with Crippen molar-refractivity contribution in [2.45, 2.75) is 57.0 Å². The molecule has 10 heteroatoms. The molecule has 1 saturated heterocycles. The number of rotatable bonds is 5. The normalized spacial score (nSPS) is 20.6. The van der Waals surface area contributed by atoms with Crippen molar-refractivity contribution in [2.24, 2.45) is 0 Å². The molecule has 3 unspecified atom stereocenters. The van der Waals surface area contributed by atoms with Gasteiger partial charge in [-0.05, 0) is 50.5 Å². The Morgan fingerprint density at radius 2 is 1.66 bits per heavy atom. The van der Waals surface area contributed by atoms with Gasteiger partial charge in [0, 0.05) is 23.5 Å². The Kier molecular flexibility index (Phi) is 7.15. The van der Waals surface area contributed by atoms with Gasteiger partial charge in [-0.25, -0.2) is 9.59 Å². The molecule has 4 aromatic rings. The molecule has 0 saturated carbocycles. The second kappa shape index (κ2) is 10.9. The average Bonchev–Trinajstić information content (AvgIpc) is 3.65. The van der Waals surface area contributed by atoms with Crippen molar-refractivity contribution in [3.63, 3.8) is 0 Å². The predicted octanol–water partition coefficient (Wildman–Crippen LogP) is 5.50. The van der Waals surface area contributed by atoms with Crippen LogP contribution in [-0.4, -0.2) is 59.1 Å². The minimum absolute atomic E-state index is 0.00392. The van der Waals surface area contributed by atoms with Crippen molar-refractivity contribution in [2.75, 3.05) is 11.9 Å². The van der Waals surface area contributed by atoms with Gasteiger partial charge in [0.1, 0.15) is 24.4 Å². The van der Waals surface area contributed by atoms with Gasteiger partial charge in [0.15, 0.2) is 6.29 Å². The van der Waals surface area contributed by atoms with Crippen molar-refractivity contribution in [3.8, 4) is 0 Å². The van der Waals surface area contributed by atoms with E-state index >= 15 is 0 Å². The number of aromatic nitrogens is 1. The van der Waals surface area contributed by atoms with Crippen LogP contribution in [0.2, 0.25) is 0 Å². The largest absolute Gasteiger partial charge is 0.444 e. The van der Waals surface area contributed by atoms with Crippen molar-refractivity contribution < 1.29 is 28.7 Å². The number of carbonyl (C=O) groups is 4. The van der Waals surface area contributed by atoms with Gasteiger partial charge >= 0.3 is 12.2 Å². The number of hydrogen-bond acceptors (Lipinski definition) is 6. The zero-order chi connectivity index (χ0) is 31.2. The van der Waals surface area contributed by atoms with Gasteiger partial charge in [0.2, 0.25) is 5.91 Å². The molecule has 0 radical (unpaired) electrons. The zero-order valence-electron chi connectivity index (χ0n) is 25.0. The lowest BCUT2D eigenvalue weighted by Gasteiger charge is -2.38. The van der Waals surface area contributed by atoms with Crippen LogP contribution in [0, 0.1) is 0 Å². The molecule has 1 aromatic heterocycles. The summed E-state index contributed by atoms with van der Waals surface area (Å²) in [5.74, 6) is -0.424. The summed E-state index contributed by atoms with van der Waals surface area (Å²) in [5, 5.41) is 3.43. The molecule has 226 valence electrons. The molecule has 1 fully saturated rings. The van der Waals surface area contributed by atoms with Crippen molar-refractivity contribution in [1.29, 1.82) is 0 Å². The lowest BCUT2D eigenvalue weighted by atomic mass is 9.71. The fourth-order valence-corrected chi connectivity index (χ4v) is 6.72. The highest BCUT2D eigenvalue weighted by molar-refractivity contribution is 6.01. The predicted molar refractivity (Wildman–Crippen MR) is 164 cm³/mol. The topological polar surface area (TPSA) is 121 Å². The number of aldehydes is 1. The van der Waals surface area contributed by atoms with E-state index < -0.39 is 41.3 Å². The summed E-state index contributed by atoms with van der Waals surface area (Å²) < 4.78 is 11.7. The van der Waals surface area contributed by atoms with E-state index in [-0.39, 0.29) is 13.0 Å². The van der Waals surface area contributed by atoms with Crippen LogP contribution in [0.15, 0.2) is 78.9 Å². The maximum atomic E-state index is 14.2. The third-order valence-electron chi connectivity index (χ3n) is 8.30. The molecule has 0 spiro atoms. The summed E-state index contributed by atoms with van der Waals surface area (Å²) in [5.41, 5.74) is 1.51. The number of amides is 3. The zero-order valence-corrected chi connectivity index (χ0v) is 25.0. The van der Waals surface area contributed by atoms with E-state index in [1.807, 2.05) is 66.7 Å². The number of hydrogen-bond donors (Lipinski definition) is 2. The van der Waals surface area contributed by atoms with Gasteiger partial charge in [-0.2, -0.15) is 0 Å². The smallest absolute Gasteiger partial charge is 0.416 e. The highest BCUT2D eigenvalue weighted by Gasteiger charge is 2.67. The molecule has 3 aromatic carbocycles. The van der Waals surface area contributed by atoms with Gasteiger partial charge < -0.3 is 19.8 Å². The number of carbonyl (C=O) groups excluding carboxylic acids is 4. The number of H-pyrrole nitrogens is 1. The van der Waals surface area contributed by atoms with Crippen molar-refractivity contribution in [1.82, 2.24) is 15.2 Å². The molecule has 6 rings (SSSR count). The molecule has 3 heterocycles. The van der Waals surface area contributed by atoms with E-state index in [9.17, 15) is 19.2 Å². The lowest BCUT2D eigenvalue weighted by molar-refractivity contribution is -0.125. The summed E-state index contributed by atoms with van der Waals surface area (Å²) in [6.45, 7) is 5.21. The number of likely N-dealkylation sites (N-methyl/N-ethyl adjacent to an activating group) is 1. The van der Waals surface area contributed by atoms with E-state index in [0.29, 0.717) is 28.0 Å². The van der Waals surface area contributed by atoms with Crippen molar-refractivity contribution >= 4 is 41.0 Å². The monoisotopic (exact) mass is 594 g/mol. The molecular weight excluding hydrogens is 560 g/mol. The molecule has 0 bridgehead atoms. The van der Waals surface area contributed by atoms with Gasteiger partial charge in [-0.1, -0.05) is 66.7 Å². The molecular formula is C34H34N4O6. The van der Waals surface area contributed by atoms with Crippen LogP contribution in [0.25, 0.3) is 10.9 Å². The first-order chi connectivity index (χ1) is 21.1. The SMILES string of the molecule is CNC(=O)C1CC2(c3c(C=O)[nH]c4ccccc34)c3ccccc3N(C(=O)OCc3ccccc3)C2N1C(=O)OC(C)(C)C. The van der Waals surface area contributed by atoms with Crippen molar-refractivity contribution in [3.05, 3.63) is 101 Å². The fraction of sp³-hybridized carbons (Fsp3) is 0.294. The Bertz CT molecular complexity index is 1760. The first-order valence-corrected chi connectivity index (χ1v) is 14.5. The van der Waals surface area contributed by atoms with Crippen LogP contribution in [0.4, 0.5) is 15.3 Å². The first-order valence-electron chi connectivity index (χ1n) is 14.5. The first kappa shape index (κ1) is 29.0. The lowest BCUT2D eigenvalue weighted by Crippen LogP contribution is -2.58. The number of anilines is 1. The maximum Gasteiger partial charge on any atom is 0.416 e. The molecule has 3 amide bonds. The maximum absolute atomic E-state index is 14.2. The van der Waals surface area contributed by atoms with E-state index in [4.69, 9.17) is 9.47 Å². The van der Waals surface area contributed by atoms with E-state index in [1.54, 1.807) is 32.9 Å². The number of nitrogens with zero attached hydrogens (tertiary/aromatic N) is 2. The van der Waals surface area contributed by atoms with Crippen LogP contribution in [0.3, 0.4) is 0 Å². The highest BCUT2D eigenvalue weighted by atomic mass is 16.6. The number of nitrogens with one attached hydrogen (secondary N) is 2. The number of fused-ring (bicyclic) bond motifs is 4. The Balaban J connectivity index is 1.61. The molecule has 10 nitrogen and oxygen atoms in total. The second-order valence-electron chi connectivity index (χ2n) is 12.1. The Hall–Kier alpha value is -5.12. The van der Waals surface area contributed by atoms with Gasteiger partial charge in [-0.3, -0.25) is 19.4 Å². The number of aromatic amines is 1. The van der Waals surface area contributed by atoms with Crippen LogP contribution in [0.1, 0.15) is 54.4 Å². The minimum Gasteiger partial charge on any atom is -0.444 e.